The number of hydrogen-bond acceptors (Lipinski definition) is 2. The number of fused-ring (bicyclic) bond motifs is 9. The van der Waals surface area contributed by atoms with Crippen molar-refractivity contribution in [3.63, 3.8) is 0 Å². The Morgan fingerprint density at radius 1 is 0.329 bits per heavy atom. The van der Waals surface area contributed by atoms with Gasteiger partial charge in [0.25, 0.3) is 0 Å². The van der Waals surface area contributed by atoms with Crippen molar-refractivity contribution in [1.82, 2.24) is 4.57 Å². The van der Waals surface area contributed by atoms with E-state index in [1.807, 2.05) is 12.1 Å². The molecular weight excluding hydrogens is 921 g/mol. The number of nitrogens with zero attached hydrogens (tertiary/aromatic N) is 2. The monoisotopic (exact) mass is 968 g/mol. The van der Waals surface area contributed by atoms with E-state index >= 15 is 0 Å². The van der Waals surface area contributed by atoms with Crippen molar-refractivity contribution in [1.29, 1.82) is 0 Å². The molecule has 1 aliphatic rings. The first-order valence-electron chi connectivity index (χ1n) is 26.2. The summed E-state index contributed by atoms with van der Waals surface area (Å²) in [4.78, 5) is 2.46. The lowest BCUT2D eigenvalue weighted by Crippen LogP contribution is -2.28. The van der Waals surface area contributed by atoms with Gasteiger partial charge in [0, 0.05) is 49.7 Å². The average Bonchev–Trinajstić information content (AvgIpc) is 4.33. The second kappa shape index (κ2) is 17.6. The first kappa shape index (κ1) is 43.6. The number of aromatic nitrogens is 1. The molecule has 2 aromatic heterocycles. The molecule has 3 nitrogen and oxygen atoms in total. The topological polar surface area (TPSA) is 21.3 Å². The van der Waals surface area contributed by atoms with E-state index in [2.05, 4.69) is 289 Å². The summed E-state index contributed by atoms with van der Waals surface area (Å²) in [5.41, 5.74) is 22.3. The van der Waals surface area contributed by atoms with Gasteiger partial charge in [-0.2, -0.15) is 0 Å². The normalized spacial score (nSPS) is 12.6. The fourth-order valence-corrected chi connectivity index (χ4v) is 12.6. The third-order valence-corrected chi connectivity index (χ3v) is 15.9. The highest BCUT2D eigenvalue weighted by Crippen LogP contribution is 2.59. The molecule has 0 spiro atoms. The van der Waals surface area contributed by atoms with Gasteiger partial charge in [-0.25, -0.2) is 0 Å². The van der Waals surface area contributed by atoms with Crippen molar-refractivity contribution in [2.75, 3.05) is 4.90 Å². The van der Waals surface area contributed by atoms with Gasteiger partial charge >= 0.3 is 0 Å². The molecule has 15 rings (SSSR count). The molecule has 0 amide bonds. The molecule has 12 aromatic carbocycles. The highest BCUT2D eigenvalue weighted by molar-refractivity contribution is 6.10. The molecule has 0 aliphatic heterocycles. The number of anilines is 3. The Hall–Kier alpha value is -9.96. The minimum Gasteiger partial charge on any atom is -0.455 e. The maximum atomic E-state index is 6.50. The fraction of sp³-hybridized carbons (Fsp3) is 0.0137. The maximum absolute atomic E-state index is 6.50. The van der Waals surface area contributed by atoms with Crippen LogP contribution in [0.2, 0.25) is 0 Å². The summed E-state index contributed by atoms with van der Waals surface area (Å²) in [6.45, 7) is 0. The second-order valence-electron chi connectivity index (χ2n) is 19.9. The molecule has 356 valence electrons. The van der Waals surface area contributed by atoms with Crippen LogP contribution in [0.5, 0.6) is 0 Å². The van der Waals surface area contributed by atoms with Crippen LogP contribution in [0.1, 0.15) is 22.3 Å². The molecule has 0 bridgehead atoms. The van der Waals surface area contributed by atoms with E-state index in [4.69, 9.17) is 4.42 Å². The maximum Gasteiger partial charge on any atom is 0.143 e. The van der Waals surface area contributed by atoms with Crippen molar-refractivity contribution >= 4 is 60.8 Å². The SMILES string of the molecule is c1ccc(C2(c3ccccc3)c3ccccc3-c3c(N(c4ccc(-c5cccc(-c6cccc7c6oc6ccccc67)c5)cc4)c4ccc(-c5cccc(-n6c7ccccc7c7ccccc76)c5)cc4)cccc32)cc1. The van der Waals surface area contributed by atoms with Crippen LogP contribution in [0.15, 0.2) is 296 Å². The first-order chi connectivity index (χ1) is 37.7. The van der Waals surface area contributed by atoms with Gasteiger partial charge in [0.1, 0.15) is 11.2 Å². The van der Waals surface area contributed by atoms with E-state index in [0.29, 0.717) is 0 Å². The van der Waals surface area contributed by atoms with Gasteiger partial charge < -0.3 is 13.9 Å². The molecule has 3 heteroatoms. The van der Waals surface area contributed by atoms with E-state index in [1.165, 1.54) is 55.2 Å². The Balaban J connectivity index is 0.877. The third kappa shape index (κ3) is 6.76. The van der Waals surface area contributed by atoms with Crippen molar-refractivity contribution in [2.45, 2.75) is 5.41 Å². The Morgan fingerprint density at radius 2 is 0.829 bits per heavy atom. The van der Waals surface area contributed by atoms with E-state index in [9.17, 15) is 0 Å². The molecule has 0 atom stereocenters. The Bertz CT molecular complexity index is 4420. The molecule has 0 saturated heterocycles. The van der Waals surface area contributed by atoms with Crippen LogP contribution < -0.4 is 4.90 Å². The lowest BCUT2D eigenvalue weighted by Gasteiger charge is -2.34. The summed E-state index contributed by atoms with van der Waals surface area (Å²) < 4.78 is 8.89. The van der Waals surface area contributed by atoms with E-state index in [1.54, 1.807) is 0 Å². The summed E-state index contributed by atoms with van der Waals surface area (Å²) in [6, 6.07) is 106. The van der Waals surface area contributed by atoms with Gasteiger partial charge in [-0.3, -0.25) is 0 Å². The molecule has 14 aromatic rings. The summed E-state index contributed by atoms with van der Waals surface area (Å²) in [5.74, 6) is 0. The molecule has 0 fully saturated rings. The van der Waals surface area contributed by atoms with Crippen molar-refractivity contribution < 1.29 is 4.42 Å². The quantitative estimate of drug-likeness (QED) is 0.144. The van der Waals surface area contributed by atoms with Gasteiger partial charge in [0.15, 0.2) is 0 Å². The summed E-state index contributed by atoms with van der Waals surface area (Å²) >= 11 is 0. The van der Waals surface area contributed by atoms with Crippen LogP contribution in [0.25, 0.3) is 93.9 Å². The Kier molecular flexibility index (Phi) is 10.1. The third-order valence-electron chi connectivity index (χ3n) is 15.9. The zero-order valence-corrected chi connectivity index (χ0v) is 41.5. The van der Waals surface area contributed by atoms with Crippen LogP contribution in [0.4, 0.5) is 17.1 Å². The zero-order valence-electron chi connectivity index (χ0n) is 41.5. The molecule has 1 aliphatic carbocycles. The van der Waals surface area contributed by atoms with Crippen molar-refractivity contribution in [3.8, 4) is 50.2 Å². The number of para-hydroxylation sites is 4. The van der Waals surface area contributed by atoms with Crippen LogP contribution in [0, 0.1) is 0 Å². The predicted octanol–water partition coefficient (Wildman–Crippen LogP) is 19.5. The van der Waals surface area contributed by atoms with Crippen LogP contribution in [-0.2, 0) is 5.41 Å². The van der Waals surface area contributed by atoms with Crippen molar-refractivity contribution in [3.05, 3.63) is 313 Å². The largest absolute Gasteiger partial charge is 0.455 e. The number of benzene rings is 12. The van der Waals surface area contributed by atoms with E-state index in [-0.39, 0.29) is 0 Å². The van der Waals surface area contributed by atoms with Gasteiger partial charge in [-0.1, -0.05) is 224 Å². The lowest BCUT2D eigenvalue weighted by molar-refractivity contribution is 0.670. The standard InChI is InChI=1S/C73H48N2O/c1-3-22-54(23-4-1)73(55-24-5-2-6-25-55)65-33-11-7-30-64(65)71-66(73)34-18-37-69(71)74(56-43-39-49(40-44-56)51-19-15-21-53(47-51)59-31-17-32-63-62-29-10-14-38-70(62)76-72(59)63)57-45-41-50(42-46-57)52-20-16-26-58(48-52)75-67-35-12-8-27-60(67)61-28-9-13-36-68(61)75/h1-48H. The molecule has 0 radical (unpaired) electrons. The molecule has 0 unspecified atom stereocenters. The first-order valence-corrected chi connectivity index (χ1v) is 26.2. The summed E-state index contributed by atoms with van der Waals surface area (Å²) in [6.07, 6.45) is 0. The molecule has 0 saturated carbocycles. The van der Waals surface area contributed by atoms with Crippen LogP contribution in [-0.4, -0.2) is 4.57 Å². The smallest absolute Gasteiger partial charge is 0.143 e. The molecule has 76 heavy (non-hydrogen) atoms. The van der Waals surface area contributed by atoms with Crippen LogP contribution in [0.3, 0.4) is 0 Å². The summed E-state index contributed by atoms with van der Waals surface area (Å²) in [5, 5.41) is 4.77. The Morgan fingerprint density at radius 3 is 1.51 bits per heavy atom. The van der Waals surface area contributed by atoms with E-state index < -0.39 is 5.41 Å². The molecule has 2 heterocycles. The number of rotatable bonds is 9. The zero-order chi connectivity index (χ0) is 50.2. The molecular formula is C73H48N2O. The number of hydrogen-bond donors (Lipinski definition) is 0. The minimum atomic E-state index is -0.539. The van der Waals surface area contributed by atoms with Gasteiger partial charge in [0.05, 0.1) is 22.1 Å². The fourth-order valence-electron chi connectivity index (χ4n) is 12.6. The predicted molar refractivity (Wildman–Crippen MR) is 316 cm³/mol. The molecule has 0 N–H and O–H groups in total. The van der Waals surface area contributed by atoms with Crippen molar-refractivity contribution in [2.24, 2.45) is 0 Å². The number of furan rings is 1. The Labute approximate surface area is 441 Å². The van der Waals surface area contributed by atoms with Crippen LogP contribution >= 0.6 is 0 Å². The van der Waals surface area contributed by atoms with Gasteiger partial charge in [-0.15, -0.1) is 0 Å². The lowest BCUT2D eigenvalue weighted by atomic mass is 9.68. The average molecular weight is 969 g/mol. The highest BCUT2D eigenvalue weighted by Gasteiger charge is 2.47. The summed E-state index contributed by atoms with van der Waals surface area (Å²) in [7, 11) is 0. The van der Waals surface area contributed by atoms with E-state index in [0.717, 1.165) is 78.1 Å². The second-order valence-corrected chi connectivity index (χ2v) is 19.9. The minimum absolute atomic E-state index is 0.539. The van der Waals surface area contributed by atoms with Gasteiger partial charge in [0.2, 0.25) is 0 Å². The highest BCUT2D eigenvalue weighted by atomic mass is 16.3. The van der Waals surface area contributed by atoms with Gasteiger partial charge in [-0.05, 0) is 122 Å².